The van der Waals surface area contributed by atoms with Crippen molar-refractivity contribution in [2.75, 3.05) is 17.7 Å². The molecule has 7 nitrogen and oxygen atoms in total. The van der Waals surface area contributed by atoms with Crippen LogP contribution in [0, 0.1) is 0 Å². The van der Waals surface area contributed by atoms with E-state index in [9.17, 15) is 4.79 Å². The molecular weight excluding hydrogens is 435 g/mol. The lowest BCUT2D eigenvalue weighted by Crippen LogP contribution is -2.24. The Morgan fingerprint density at radius 3 is 2.66 bits per heavy atom. The SMILES string of the molecule is Cn1c(SCC(=O)Nc2c(Cl)cccc2Cl)nnc1C1COc2ccccc2O1. The number of halogens is 2. The molecule has 0 aliphatic carbocycles. The lowest BCUT2D eigenvalue weighted by atomic mass is 10.2. The minimum absolute atomic E-state index is 0.123. The Morgan fingerprint density at radius 1 is 1.17 bits per heavy atom. The minimum atomic E-state index is -0.382. The molecule has 0 saturated carbocycles. The molecule has 10 heteroatoms. The van der Waals surface area contributed by atoms with E-state index in [1.54, 1.807) is 22.8 Å². The number of aromatic nitrogens is 3. The lowest BCUT2D eigenvalue weighted by Gasteiger charge is -2.25. The van der Waals surface area contributed by atoms with Gasteiger partial charge in [0.2, 0.25) is 5.91 Å². The Hall–Kier alpha value is -2.42. The molecule has 4 rings (SSSR count). The predicted molar refractivity (Wildman–Crippen MR) is 112 cm³/mol. The quantitative estimate of drug-likeness (QED) is 0.581. The third kappa shape index (κ3) is 4.29. The molecule has 0 bridgehead atoms. The summed E-state index contributed by atoms with van der Waals surface area (Å²) in [6.45, 7) is 0.332. The normalized spacial score (nSPS) is 15.2. The molecule has 0 fully saturated rings. The van der Waals surface area contributed by atoms with Gasteiger partial charge in [0.15, 0.2) is 28.6 Å². The van der Waals surface area contributed by atoms with Crippen molar-refractivity contribution in [1.29, 1.82) is 0 Å². The fourth-order valence-electron chi connectivity index (χ4n) is 2.80. The largest absolute Gasteiger partial charge is 0.485 e. The van der Waals surface area contributed by atoms with Crippen molar-refractivity contribution in [2.45, 2.75) is 11.3 Å². The molecule has 1 aliphatic heterocycles. The van der Waals surface area contributed by atoms with Crippen LogP contribution < -0.4 is 14.8 Å². The van der Waals surface area contributed by atoms with Gasteiger partial charge in [-0.2, -0.15) is 0 Å². The Bertz CT molecular complexity index is 1040. The number of hydrogen-bond acceptors (Lipinski definition) is 6. The number of ether oxygens (including phenoxy) is 2. The Kier molecular flexibility index (Phi) is 5.84. The monoisotopic (exact) mass is 450 g/mol. The van der Waals surface area contributed by atoms with Crippen LogP contribution in [0.25, 0.3) is 0 Å². The maximum Gasteiger partial charge on any atom is 0.234 e. The first-order valence-corrected chi connectivity index (χ1v) is 10.4. The van der Waals surface area contributed by atoms with Gasteiger partial charge in [-0.05, 0) is 24.3 Å². The van der Waals surface area contributed by atoms with Crippen LogP contribution in [0.15, 0.2) is 47.6 Å². The van der Waals surface area contributed by atoms with E-state index in [1.165, 1.54) is 11.8 Å². The minimum Gasteiger partial charge on any atom is -0.485 e. The molecule has 0 radical (unpaired) electrons. The molecule has 2 aromatic carbocycles. The van der Waals surface area contributed by atoms with Crippen molar-refractivity contribution in [3.63, 3.8) is 0 Å². The standard InChI is InChI=1S/C19H16Cl2N4O3S/c1-25-18(15-9-27-13-7-2-3-8-14(13)28-15)23-24-19(25)29-10-16(26)22-17-11(20)5-4-6-12(17)21/h2-8,15H,9-10H2,1H3,(H,22,26). The zero-order chi connectivity index (χ0) is 20.4. The fourth-order valence-corrected chi connectivity index (χ4v) is 4.01. The smallest absolute Gasteiger partial charge is 0.234 e. The highest BCUT2D eigenvalue weighted by molar-refractivity contribution is 7.99. The number of hydrogen-bond donors (Lipinski definition) is 1. The number of fused-ring (bicyclic) bond motifs is 1. The van der Waals surface area contributed by atoms with E-state index in [0.717, 1.165) is 0 Å². The molecule has 1 aromatic heterocycles. The van der Waals surface area contributed by atoms with Gasteiger partial charge < -0.3 is 19.4 Å². The number of nitrogens with zero attached hydrogens (tertiary/aromatic N) is 3. The van der Waals surface area contributed by atoms with Crippen LogP contribution in [0.4, 0.5) is 5.69 Å². The number of amides is 1. The summed E-state index contributed by atoms with van der Waals surface area (Å²) in [5.41, 5.74) is 0.395. The van der Waals surface area contributed by atoms with Crippen molar-refractivity contribution >= 4 is 46.6 Å². The summed E-state index contributed by atoms with van der Waals surface area (Å²) < 4.78 is 13.5. The summed E-state index contributed by atoms with van der Waals surface area (Å²) in [6, 6.07) is 12.5. The first kappa shape index (κ1) is 19.9. The second-order valence-electron chi connectivity index (χ2n) is 6.20. The molecule has 150 valence electrons. The molecule has 1 N–H and O–H groups in total. The van der Waals surface area contributed by atoms with Crippen LogP contribution >= 0.6 is 35.0 Å². The van der Waals surface area contributed by atoms with Crippen molar-refractivity contribution in [1.82, 2.24) is 14.8 Å². The predicted octanol–water partition coefficient (Wildman–Crippen LogP) is 4.37. The number of carbonyl (C=O) groups excluding carboxylic acids is 1. The maximum absolute atomic E-state index is 12.3. The summed E-state index contributed by atoms with van der Waals surface area (Å²) in [7, 11) is 1.82. The molecule has 3 aromatic rings. The Labute approximate surface area is 181 Å². The Balaban J connectivity index is 1.40. The van der Waals surface area contributed by atoms with Gasteiger partial charge in [-0.3, -0.25) is 4.79 Å². The number of para-hydroxylation sites is 3. The number of anilines is 1. The lowest BCUT2D eigenvalue weighted by molar-refractivity contribution is -0.113. The molecule has 0 spiro atoms. The van der Waals surface area contributed by atoms with Crippen molar-refractivity contribution in [2.24, 2.45) is 7.05 Å². The van der Waals surface area contributed by atoms with Gasteiger partial charge in [0.1, 0.15) is 6.61 Å². The van der Waals surface area contributed by atoms with E-state index >= 15 is 0 Å². The molecule has 1 unspecified atom stereocenters. The van der Waals surface area contributed by atoms with Gasteiger partial charge in [-0.25, -0.2) is 0 Å². The highest BCUT2D eigenvalue weighted by atomic mass is 35.5. The van der Waals surface area contributed by atoms with E-state index in [0.29, 0.717) is 44.8 Å². The van der Waals surface area contributed by atoms with Crippen molar-refractivity contribution < 1.29 is 14.3 Å². The van der Waals surface area contributed by atoms with E-state index in [4.69, 9.17) is 32.7 Å². The molecule has 29 heavy (non-hydrogen) atoms. The molecule has 1 atom stereocenters. The van der Waals surface area contributed by atoms with Crippen LogP contribution in [0.5, 0.6) is 11.5 Å². The number of carbonyl (C=O) groups is 1. The summed E-state index contributed by atoms with van der Waals surface area (Å²) in [5.74, 6) is 1.86. The van der Waals surface area contributed by atoms with Gasteiger partial charge in [-0.15, -0.1) is 10.2 Å². The molecule has 1 amide bonds. The van der Waals surface area contributed by atoms with Crippen molar-refractivity contribution in [3.05, 3.63) is 58.3 Å². The van der Waals surface area contributed by atoms with E-state index in [-0.39, 0.29) is 17.8 Å². The summed E-state index contributed by atoms with van der Waals surface area (Å²) in [4.78, 5) is 12.3. The third-order valence-electron chi connectivity index (χ3n) is 4.22. The van der Waals surface area contributed by atoms with Gasteiger partial charge in [0.25, 0.3) is 0 Å². The fraction of sp³-hybridized carbons (Fsp3) is 0.211. The van der Waals surface area contributed by atoms with Crippen LogP contribution in [0.2, 0.25) is 10.0 Å². The van der Waals surface area contributed by atoms with E-state index < -0.39 is 0 Å². The highest BCUT2D eigenvalue weighted by Crippen LogP contribution is 2.36. The second-order valence-corrected chi connectivity index (χ2v) is 7.95. The second kappa shape index (κ2) is 8.52. The van der Waals surface area contributed by atoms with Crippen molar-refractivity contribution in [3.8, 4) is 11.5 Å². The first-order chi connectivity index (χ1) is 14.0. The van der Waals surface area contributed by atoms with Crippen LogP contribution in [0.3, 0.4) is 0 Å². The van der Waals surface area contributed by atoms with Crippen LogP contribution in [-0.4, -0.2) is 33.0 Å². The number of nitrogens with one attached hydrogen (secondary N) is 1. The topological polar surface area (TPSA) is 78.3 Å². The Morgan fingerprint density at radius 2 is 1.90 bits per heavy atom. The van der Waals surface area contributed by atoms with Crippen LogP contribution in [0.1, 0.15) is 11.9 Å². The first-order valence-electron chi connectivity index (χ1n) is 8.67. The van der Waals surface area contributed by atoms with Gasteiger partial charge in [0.05, 0.1) is 21.5 Å². The van der Waals surface area contributed by atoms with Gasteiger partial charge >= 0.3 is 0 Å². The average molecular weight is 451 g/mol. The van der Waals surface area contributed by atoms with E-state index in [1.807, 2.05) is 31.3 Å². The third-order valence-corrected chi connectivity index (χ3v) is 5.87. The average Bonchev–Trinajstić information content (AvgIpc) is 3.09. The molecule has 2 heterocycles. The van der Waals surface area contributed by atoms with E-state index in [2.05, 4.69) is 15.5 Å². The summed E-state index contributed by atoms with van der Waals surface area (Å²) in [5, 5.41) is 12.5. The van der Waals surface area contributed by atoms with Gasteiger partial charge in [0, 0.05) is 7.05 Å². The molecular formula is C19H16Cl2N4O3S. The van der Waals surface area contributed by atoms with Crippen LogP contribution in [-0.2, 0) is 11.8 Å². The molecule has 1 aliphatic rings. The highest BCUT2D eigenvalue weighted by Gasteiger charge is 2.27. The molecule has 0 saturated heterocycles. The summed E-state index contributed by atoms with van der Waals surface area (Å²) >= 11 is 13.4. The number of thioether (sulfide) groups is 1. The number of rotatable bonds is 5. The van der Waals surface area contributed by atoms with Gasteiger partial charge in [-0.1, -0.05) is 53.2 Å². The maximum atomic E-state index is 12.3. The zero-order valence-electron chi connectivity index (χ0n) is 15.3. The number of benzene rings is 2. The zero-order valence-corrected chi connectivity index (χ0v) is 17.6. The summed E-state index contributed by atoms with van der Waals surface area (Å²) in [6.07, 6.45) is -0.382.